The van der Waals surface area contributed by atoms with Gasteiger partial charge in [0.1, 0.15) is 0 Å². The molecule has 0 aliphatic carbocycles. The van der Waals surface area contributed by atoms with Crippen molar-refractivity contribution in [2.24, 2.45) is 4.99 Å². The second kappa shape index (κ2) is 8.31. The summed E-state index contributed by atoms with van der Waals surface area (Å²) in [6.07, 6.45) is 9.24. The molecule has 0 amide bonds. The van der Waals surface area contributed by atoms with E-state index in [1.807, 2.05) is 51.2 Å². The topological polar surface area (TPSA) is 133 Å². The average Bonchev–Trinajstić information content (AvgIpc) is 3.19. The first kappa shape index (κ1) is 24.1. The number of fused-ring (bicyclic) bond motifs is 2. The van der Waals surface area contributed by atoms with Gasteiger partial charge in [-0.3, -0.25) is 14.1 Å². The van der Waals surface area contributed by atoms with Crippen LogP contribution in [-0.4, -0.2) is 31.7 Å². The zero-order valence-electron chi connectivity index (χ0n) is 18.7. The molecule has 0 saturated heterocycles. The maximum absolute atomic E-state index is 11.5. The fourth-order valence-corrected chi connectivity index (χ4v) is 5.11. The van der Waals surface area contributed by atoms with E-state index >= 15 is 0 Å². The molecule has 4 rings (SSSR count). The van der Waals surface area contributed by atoms with Gasteiger partial charge in [-0.2, -0.15) is 16.8 Å². The molecule has 2 aliphatic rings. The van der Waals surface area contributed by atoms with Crippen LogP contribution >= 0.6 is 0 Å². The quantitative estimate of drug-likeness (QED) is 0.398. The van der Waals surface area contributed by atoms with Crippen LogP contribution in [0.15, 0.2) is 87.3 Å². The number of rotatable bonds is 5. The fourth-order valence-electron chi connectivity index (χ4n) is 4.09. The van der Waals surface area contributed by atoms with Gasteiger partial charge in [0, 0.05) is 22.7 Å². The third kappa shape index (κ3) is 4.49. The summed E-state index contributed by atoms with van der Waals surface area (Å²) in [7, 11) is -8.55. The second-order valence-corrected chi connectivity index (χ2v) is 11.6. The number of benzene rings is 2. The van der Waals surface area contributed by atoms with Crippen LogP contribution in [0.4, 0.5) is 11.4 Å². The summed E-state index contributed by atoms with van der Waals surface area (Å²) in [6.45, 7) is 5.81. The SMILES string of the molecule is CC1C(=CC=CC=CC2=Nc3ccc(S(=O)(=O)O)cc3C2(C)C)Nc2ccc(S(=O)(=O)O)cc21. The summed E-state index contributed by atoms with van der Waals surface area (Å²) >= 11 is 0. The lowest BCUT2D eigenvalue weighted by Crippen LogP contribution is -2.24. The predicted molar refractivity (Wildman–Crippen MR) is 131 cm³/mol. The van der Waals surface area contributed by atoms with Gasteiger partial charge in [-0.05, 0) is 59.7 Å². The van der Waals surface area contributed by atoms with Crippen molar-refractivity contribution in [3.05, 3.63) is 83.6 Å². The summed E-state index contributed by atoms with van der Waals surface area (Å²) in [5.41, 5.74) is 4.06. The zero-order chi connectivity index (χ0) is 24.9. The highest BCUT2D eigenvalue weighted by atomic mass is 32.2. The minimum Gasteiger partial charge on any atom is -0.358 e. The van der Waals surface area contributed by atoms with Gasteiger partial charge in [-0.15, -0.1) is 0 Å². The minimum absolute atomic E-state index is 0.0741. The lowest BCUT2D eigenvalue weighted by atomic mass is 9.81. The Hall–Kier alpha value is -3.05. The van der Waals surface area contributed by atoms with Crippen molar-refractivity contribution in [3.63, 3.8) is 0 Å². The van der Waals surface area contributed by atoms with Crippen LogP contribution in [0.5, 0.6) is 0 Å². The van der Waals surface area contributed by atoms with Crippen molar-refractivity contribution < 1.29 is 25.9 Å². The Morgan fingerprint density at radius 3 is 2.26 bits per heavy atom. The summed E-state index contributed by atoms with van der Waals surface area (Å²) in [4.78, 5) is 4.30. The van der Waals surface area contributed by atoms with Crippen molar-refractivity contribution in [1.82, 2.24) is 0 Å². The number of hydrogen-bond donors (Lipinski definition) is 3. The fraction of sp³-hybridized carbons (Fsp3) is 0.208. The molecule has 2 heterocycles. The Morgan fingerprint density at radius 2 is 1.59 bits per heavy atom. The third-order valence-corrected chi connectivity index (χ3v) is 7.80. The van der Waals surface area contributed by atoms with E-state index in [0.717, 1.165) is 28.2 Å². The van der Waals surface area contributed by atoms with Crippen LogP contribution in [0.3, 0.4) is 0 Å². The minimum atomic E-state index is -4.29. The molecule has 34 heavy (non-hydrogen) atoms. The summed E-state index contributed by atoms with van der Waals surface area (Å²) in [6, 6.07) is 8.83. The van der Waals surface area contributed by atoms with Crippen LogP contribution in [0, 0.1) is 0 Å². The van der Waals surface area contributed by atoms with Crippen LogP contribution in [0.1, 0.15) is 37.8 Å². The van der Waals surface area contributed by atoms with Gasteiger partial charge in [0.15, 0.2) is 0 Å². The van der Waals surface area contributed by atoms with Gasteiger partial charge in [-0.1, -0.05) is 39.0 Å². The number of nitrogens with one attached hydrogen (secondary N) is 1. The zero-order valence-corrected chi connectivity index (χ0v) is 20.4. The normalized spacial score (nSPS) is 20.6. The third-order valence-electron chi connectivity index (χ3n) is 6.11. The van der Waals surface area contributed by atoms with E-state index in [1.165, 1.54) is 24.3 Å². The molecule has 0 fully saturated rings. The lowest BCUT2D eigenvalue weighted by molar-refractivity contribution is 0.480. The molecule has 0 spiro atoms. The highest BCUT2D eigenvalue weighted by Crippen LogP contribution is 2.41. The first-order valence-electron chi connectivity index (χ1n) is 10.4. The molecule has 10 heteroatoms. The first-order chi connectivity index (χ1) is 15.8. The summed E-state index contributed by atoms with van der Waals surface area (Å²) in [5, 5.41) is 3.25. The van der Waals surface area contributed by atoms with E-state index in [4.69, 9.17) is 0 Å². The molecule has 0 bridgehead atoms. The van der Waals surface area contributed by atoms with Crippen LogP contribution in [0.25, 0.3) is 0 Å². The number of anilines is 1. The molecule has 1 atom stereocenters. The van der Waals surface area contributed by atoms with Gasteiger partial charge in [0.05, 0.1) is 21.2 Å². The number of hydrogen-bond acceptors (Lipinski definition) is 6. The van der Waals surface area contributed by atoms with Crippen molar-refractivity contribution in [2.45, 2.75) is 41.9 Å². The molecule has 0 aromatic heterocycles. The maximum Gasteiger partial charge on any atom is 0.294 e. The predicted octanol–water partition coefficient (Wildman–Crippen LogP) is 4.77. The molecule has 178 valence electrons. The number of allylic oxidation sites excluding steroid dienone is 6. The maximum atomic E-state index is 11.5. The number of nitrogens with zero attached hydrogens (tertiary/aromatic N) is 1. The van der Waals surface area contributed by atoms with Crippen molar-refractivity contribution in [2.75, 3.05) is 5.32 Å². The highest BCUT2D eigenvalue weighted by Gasteiger charge is 2.34. The molecule has 1 unspecified atom stereocenters. The Kier molecular flexibility index (Phi) is 5.89. The Labute approximate surface area is 198 Å². The lowest BCUT2D eigenvalue weighted by Gasteiger charge is -2.20. The molecular formula is C24H24N2O6S2. The van der Waals surface area contributed by atoms with E-state index in [1.54, 1.807) is 12.1 Å². The van der Waals surface area contributed by atoms with E-state index in [-0.39, 0.29) is 15.7 Å². The van der Waals surface area contributed by atoms with Gasteiger partial charge in [0.2, 0.25) is 0 Å². The van der Waals surface area contributed by atoms with Gasteiger partial charge in [-0.25, -0.2) is 0 Å². The molecule has 2 aliphatic heterocycles. The standard InChI is InChI=1S/C24H24N2O6S2/c1-15-18-13-16(33(27,28)29)9-11-21(18)25-20(15)7-5-4-6-8-23-24(2,3)19-14-17(34(30,31)32)10-12-22(19)26-23/h4-15,25H,1-3H3,(H,27,28,29)(H,30,31,32). The molecule has 2 aromatic rings. The molecule has 0 saturated carbocycles. The van der Waals surface area contributed by atoms with Gasteiger partial charge >= 0.3 is 0 Å². The van der Waals surface area contributed by atoms with Crippen LogP contribution in [-0.2, 0) is 25.7 Å². The monoisotopic (exact) mass is 500 g/mol. The Morgan fingerprint density at radius 1 is 0.941 bits per heavy atom. The summed E-state index contributed by atoms with van der Waals surface area (Å²) < 4.78 is 64.4. The van der Waals surface area contributed by atoms with Gasteiger partial charge in [0.25, 0.3) is 20.2 Å². The van der Waals surface area contributed by atoms with Crippen LogP contribution in [0.2, 0.25) is 0 Å². The molecular weight excluding hydrogens is 476 g/mol. The van der Waals surface area contributed by atoms with E-state index in [2.05, 4.69) is 10.3 Å². The Balaban J connectivity index is 1.48. The number of aliphatic imine (C=N–C) groups is 1. The Bertz CT molecular complexity index is 1510. The van der Waals surface area contributed by atoms with Crippen molar-refractivity contribution >= 4 is 37.3 Å². The van der Waals surface area contributed by atoms with Crippen molar-refractivity contribution in [3.8, 4) is 0 Å². The summed E-state index contributed by atoms with van der Waals surface area (Å²) in [5.74, 6) is -0.0741. The second-order valence-electron chi connectivity index (χ2n) is 8.71. The van der Waals surface area contributed by atoms with E-state index in [0.29, 0.717) is 5.69 Å². The largest absolute Gasteiger partial charge is 0.358 e. The smallest absolute Gasteiger partial charge is 0.294 e. The van der Waals surface area contributed by atoms with Gasteiger partial charge < -0.3 is 5.32 Å². The molecule has 8 nitrogen and oxygen atoms in total. The van der Waals surface area contributed by atoms with Crippen molar-refractivity contribution in [1.29, 1.82) is 0 Å². The molecule has 2 aromatic carbocycles. The molecule has 0 radical (unpaired) electrons. The first-order valence-corrected chi connectivity index (χ1v) is 13.3. The van der Waals surface area contributed by atoms with Crippen LogP contribution < -0.4 is 5.32 Å². The van der Waals surface area contributed by atoms with E-state index < -0.39 is 25.7 Å². The average molecular weight is 501 g/mol. The highest BCUT2D eigenvalue weighted by molar-refractivity contribution is 7.86. The van der Waals surface area contributed by atoms with E-state index in [9.17, 15) is 25.9 Å². The molecule has 3 N–H and O–H groups in total.